The summed E-state index contributed by atoms with van der Waals surface area (Å²) in [5.41, 5.74) is 2.47. The van der Waals surface area contributed by atoms with E-state index in [0.717, 1.165) is 11.1 Å². The van der Waals surface area contributed by atoms with Crippen molar-refractivity contribution in [2.24, 2.45) is 0 Å². The van der Waals surface area contributed by atoms with E-state index in [1.54, 1.807) is 18.3 Å². The summed E-state index contributed by atoms with van der Waals surface area (Å²) in [6.07, 6.45) is 1.54. The zero-order chi connectivity index (χ0) is 19.1. The minimum absolute atomic E-state index is 0.0622. The van der Waals surface area contributed by atoms with Crippen molar-refractivity contribution in [3.63, 3.8) is 0 Å². The number of hydrogen-bond acceptors (Lipinski definition) is 3. The molecule has 1 atom stereocenters. The summed E-state index contributed by atoms with van der Waals surface area (Å²) in [5.74, 6) is 0.198. The Kier molecular flexibility index (Phi) is 4.40. The predicted octanol–water partition coefficient (Wildman–Crippen LogP) is 3.67. The number of aromatic nitrogens is 1. The molecule has 0 radical (unpaired) electrons. The second kappa shape index (κ2) is 6.74. The van der Waals surface area contributed by atoms with Gasteiger partial charge in [0.05, 0.1) is 22.5 Å². The third-order valence-electron chi connectivity index (χ3n) is 4.73. The fraction of sp³-hybridized carbons (Fsp3) is 0.238. The Labute approximate surface area is 161 Å². The smallest absolute Gasteiger partial charge is 0.257 e. The summed E-state index contributed by atoms with van der Waals surface area (Å²) in [6, 6.07) is 11.3. The van der Waals surface area contributed by atoms with Crippen LogP contribution in [0.25, 0.3) is 10.9 Å². The molecule has 0 spiro atoms. The van der Waals surface area contributed by atoms with Crippen molar-refractivity contribution in [2.75, 3.05) is 0 Å². The van der Waals surface area contributed by atoms with Gasteiger partial charge in [0.2, 0.25) is 5.43 Å². The molecule has 1 amide bonds. The van der Waals surface area contributed by atoms with Crippen LogP contribution in [-0.4, -0.2) is 16.6 Å². The average Bonchev–Trinajstić information content (AvgIpc) is 2.64. The summed E-state index contributed by atoms with van der Waals surface area (Å²) < 4.78 is 7.69. The number of hydrogen-bond donors (Lipinski definition) is 1. The highest BCUT2D eigenvalue weighted by Gasteiger charge is 2.24. The third kappa shape index (κ3) is 3.19. The molecule has 0 aliphatic carbocycles. The van der Waals surface area contributed by atoms with Crippen molar-refractivity contribution in [1.82, 2.24) is 9.88 Å². The van der Waals surface area contributed by atoms with Crippen LogP contribution in [0.2, 0.25) is 5.02 Å². The molecule has 6 heteroatoms. The maximum absolute atomic E-state index is 13.0. The molecule has 4 rings (SSSR count). The molecule has 27 heavy (non-hydrogen) atoms. The molecule has 2 heterocycles. The van der Waals surface area contributed by atoms with Crippen molar-refractivity contribution in [1.29, 1.82) is 0 Å². The summed E-state index contributed by atoms with van der Waals surface area (Å²) >= 11 is 6.29. The molecule has 3 aromatic rings. The highest BCUT2D eigenvalue weighted by molar-refractivity contribution is 6.35. The van der Waals surface area contributed by atoms with Gasteiger partial charge in [-0.05, 0) is 31.5 Å². The van der Waals surface area contributed by atoms with Gasteiger partial charge in [-0.2, -0.15) is 0 Å². The lowest BCUT2D eigenvalue weighted by Gasteiger charge is -2.26. The van der Waals surface area contributed by atoms with Crippen molar-refractivity contribution in [3.8, 4) is 5.75 Å². The van der Waals surface area contributed by atoms with Crippen LogP contribution in [0.1, 0.15) is 28.4 Å². The van der Waals surface area contributed by atoms with Gasteiger partial charge in [0, 0.05) is 12.7 Å². The van der Waals surface area contributed by atoms with Gasteiger partial charge in [-0.1, -0.05) is 41.4 Å². The SMILES string of the molecule is Cc1ccc(CNC(=O)c2cn3c4c(ccc(Cl)c4c2=O)O[C@H](C)C3)cc1. The first kappa shape index (κ1) is 17.6. The minimum Gasteiger partial charge on any atom is -0.487 e. The number of halogens is 1. The van der Waals surface area contributed by atoms with E-state index < -0.39 is 5.91 Å². The molecule has 1 aliphatic heterocycles. The van der Waals surface area contributed by atoms with Gasteiger partial charge in [-0.3, -0.25) is 9.59 Å². The third-order valence-corrected chi connectivity index (χ3v) is 5.05. The molecule has 0 unspecified atom stereocenters. The summed E-state index contributed by atoms with van der Waals surface area (Å²) in [5, 5.41) is 3.47. The second-order valence-electron chi connectivity index (χ2n) is 6.89. The van der Waals surface area contributed by atoms with Crippen LogP contribution in [0.4, 0.5) is 0 Å². The Balaban J connectivity index is 1.73. The minimum atomic E-state index is -0.410. The number of nitrogens with zero attached hydrogens (tertiary/aromatic N) is 1. The molecule has 1 aliphatic rings. The highest BCUT2D eigenvalue weighted by Crippen LogP contribution is 2.33. The van der Waals surface area contributed by atoms with Crippen LogP contribution in [0.3, 0.4) is 0 Å². The molecule has 138 valence electrons. The molecule has 0 fully saturated rings. The van der Waals surface area contributed by atoms with Gasteiger partial charge < -0.3 is 14.6 Å². The van der Waals surface area contributed by atoms with Gasteiger partial charge in [0.1, 0.15) is 17.4 Å². The molecule has 0 bridgehead atoms. The quantitative estimate of drug-likeness (QED) is 0.751. The van der Waals surface area contributed by atoms with Gasteiger partial charge in [-0.25, -0.2) is 0 Å². The first-order chi connectivity index (χ1) is 12.9. The number of rotatable bonds is 3. The van der Waals surface area contributed by atoms with Crippen LogP contribution < -0.4 is 15.5 Å². The lowest BCUT2D eigenvalue weighted by molar-refractivity contribution is 0.0948. The van der Waals surface area contributed by atoms with Crippen LogP contribution in [-0.2, 0) is 13.1 Å². The standard InChI is InChI=1S/C21H19ClN2O3/c1-12-3-5-14(6-4-12)9-23-21(26)15-11-24-10-13(2)27-17-8-7-16(22)18(19(17)24)20(15)25/h3-8,11,13H,9-10H2,1-2H3,(H,23,26)/t13-/m1/s1. The number of carbonyl (C=O) groups excluding carboxylic acids is 1. The van der Waals surface area contributed by atoms with E-state index in [2.05, 4.69) is 5.32 Å². The second-order valence-corrected chi connectivity index (χ2v) is 7.30. The molecule has 1 aromatic heterocycles. The number of carbonyl (C=O) groups is 1. The first-order valence-corrected chi connectivity index (χ1v) is 9.18. The number of nitrogens with one attached hydrogen (secondary N) is 1. The number of ether oxygens (including phenoxy) is 1. The van der Waals surface area contributed by atoms with Crippen molar-refractivity contribution >= 4 is 28.4 Å². The predicted molar refractivity (Wildman–Crippen MR) is 106 cm³/mol. The van der Waals surface area contributed by atoms with Crippen molar-refractivity contribution in [3.05, 3.63) is 74.5 Å². The maximum Gasteiger partial charge on any atom is 0.257 e. The molecule has 0 saturated heterocycles. The molecule has 0 saturated carbocycles. The van der Waals surface area contributed by atoms with Crippen molar-refractivity contribution in [2.45, 2.75) is 33.0 Å². The van der Waals surface area contributed by atoms with Crippen LogP contribution >= 0.6 is 11.6 Å². The zero-order valence-electron chi connectivity index (χ0n) is 15.1. The summed E-state index contributed by atoms with van der Waals surface area (Å²) in [6.45, 7) is 4.84. The molecule has 2 aromatic carbocycles. The van der Waals surface area contributed by atoms with E-state index in [9.17, 15) is 9.59 Å². The van der Waals surface area contributed by atoms with Gasteiger partial charge in [-0.15, -0.1) is 0 Å². The lowest BCUT2D eigenvalue weighted by atomic mass is 10.1. The molecular formula is C21H19ClN2O3. The lowest BCUT2D eigenvalue weighted by Crippen LogP contribution is -2.32. The topological polar surface area (TPSA) is 60.3 Å². The van der Waals surface area contributed by atoms with Gasteiger partial charge in [0.25, 0.3) is 5.91 Å². The van der Waals surface area contributed by atoms with Crippen molar-refractivity contribution < 1.29 is 9.53 Å². The highest BCUT2D eigenvalue weighted by atomic mass is 35.5. The summed E-state index contributed by atoms with van der Waals surface area (Å²) in [4.78, 5) is 25.7. The molecule has 5 nitrogen and oxygen atoms in total. The van der Waals surface area contributed by atoms with E-state index in [1.807, 2.05) is 42.7 Å². The molecular weight excluding hydrogens is 364 g/mol. The number of amides is 1. The Morgan fingerprint density at radius 1 is 1.26 bits per heavy atom. The average molecular weight is 383 g/mol. The monoisotopic (exact) mass is 382 g/mol. The van der Waals surface area contributed by atoms with E-state index in [-0.39, 0.29) is 17.1 Å². The summed E-state index contributed by atoms with van der Waals surface area (Å²) in [7, 11) is 0. The van der Waals surface area contributed by atoms with E-state index in [0.29, 0.717) is 34.8 Å². The fourth-order valence-corrected chi connectivity index (χ4v) is 3.62. The number of benzene rings is 2. The Hall–Kier alpha value is -2.79. The van der Waals surface area contributed by atoms with Crippen LogP contribution in [0, 0.1) is 6.92 Å². The van der Waals surface area contributed by atoms with E-state index in [1.165, 1.54) is 0 Å². The Morgan fingerprint density at radius 3 is 2.74 bits per heavy atom. The number of aryl methyl sites for hydroxylation is 1. The number of pyridine rings is 1. The van der Waals surface area contributed by atoms with Crippen LogP contribution in [0.5, 0.6) is 5.75 Å². The molecule has 1 N–H and O–H groups in total. The normalized spacial score (nSPS) is 15.4. The first-order valence-electron chi connectivity index (χ1n) is 8.80. The zero-order valence-corrected chi connectivity index (χ0v) is 15.8. The largest absolute Gasteiger partial charge is 0.487 e. The maximum atomic E-state index is 13.0. The Bertz CT molecular complexity index is 1100. The van der Waals surface area contributed by atoms with Crippen LogP contribution in [0.15, 0.2) is 47.4 Å². The van der Waals surface area contributed by atoms with Gasteiger partial charge in [0.15, 0.2) is 0 Å². The van der Waals surface area contributed by atoms with Gasteiger partial charge >= 0.3 is 0 Å². The Morgan fingerprint density at radius 2 is 2.00 bits per heavy atom. The van der Waals surface area contributed by atoms with E-state index in [4.69, 9.17) is 16.3 Å². The fourth-order valence-electron chi connectivity index (χ4n) is 3.38. The van der Waals surface area contributed by atoms with E-state index >= 15 is 0 Å².